The molecule has 21 heavy (non-hydrogen) atoms. The molecule has 1 aromatic carbocycles. The molecule has 0 saturated heterocycles. The molecule has 0 aliphatic rings. The topological polar surface area (TPSA) is 24.0 Å². The van der Waals surface area contributed by atoms with E-state index in [1.54, 1.807) is 0 Å². The van der Waals surface area contributed by atoms with Crippen LogP contribution < -0.4 is 4.90 Å². The summed E-state index contributed by atoms with van der Waals surface area (Å²) < 4.78 is 3.05. The molecular formula is C17H25N3S. The van der Waals surface area contributed by atoms with E-state index in [9.17, 15) is 0 Å². The van der Waals surface area contributed by atoms with Crippen molar-refractivity contribution in [1.82, 2.24) is 9.55 Å². The monoisotopic (exact) mass is 303 g/mol. The van der Waals surface area contributed by atoms with Crippen molar-refractivity contribution in [1.29, 1.82) is 0 Å². The Balaban J connectivity index is 1.98. The molecule has 3 nitrogen and oxygen atoms in total. The Kier molecular flexibility index (Phi) is 4.88. The van der Waals surface area contributed by atoms with Crippen LogP contribution in [0.4, 0.5) is 5.69 Å². The van der Waals surface area contributed by atoms with E-state index in [-0.39, 0.29) is 5.41 Å². The number of imidazole rings is 1. The number of nitrogens with zero attached hydrogens (tertiary/aromatic N) is 2. The molecule has 114 valence electrons. The smallest absolute Gasteiger partial charge is 0.177 e. The molecule has 1 N–H and O–H groups in total. The third-order valence-electron chi connectivity index (χ3n) is 3.71. The van der Waals surface area contributed by atoms with Gasteiger partial charge in [-0.3, -0.25) is 0 Å². The van der Waals surface area contributed by atoms with Crippen LogP contribution in [0.15, 0.2) is 36.5 Å². The van der Waals surface area contributed by atoms with Crippen molar-refractivity contribution in [3.63, 3.8) is 0 Å². The molecule has 0 radical (unpaired) electrons. The second-order valence-corrected chi connectivity index (χ2v) is 6.88. The molecular weight excluding hydrogens is 278 g/mol. The van der Waals surface area contributed by atoms with E-state index < -0.39 is 0 Å². The Morgan fingerprint density at radius 2 is 1.86 bits per heavy atom. The van der Waals surface area contributed by atoms with Crippen LogP contribution >= 0.6 is 12.2 Å². The van der Waals surface area contributed by atoms with E-state index in [1.807, 2.05) is 12.3 Å². The Morgan fingerprint density at radius 3 is 2.48 bits per heavy atom. The number of nitrogens with one attached hydrogen (secondary N) is 1. The molecule has 0 amide bonds. The van der Waals surface area contributed by atoms with E-state index in [4.69, 9.17) is 12.2 Å². The molecule has 0 aliphatic carbocycles. The van der Waals surface area contributed by atoms with Crippen LogP contribution in [0.3, 0.4) is 0 Å². The van der Waals surface area contributed by atoms with Crippen LogP contribution in [-0.2, 0) is 12.0 Å². The molecule has 1 aromatic heterocycles. The van der Waals surface area contributed by atoms with Crippen LogP contribution in [-0.4, -0.2) is 23.1 Å². The Labute approximate surface area is 132 Å². The van der Waals surface area contributed by atoms with E-state index >= 15 is 0 Å². The number of rotatable bonds is 5. The average Bonchev–Trinajstić information content (AvgIpc) is 2.81. The largest absolute Gasteiger partial charge is 0.375 e. The van der Waals surface area contributed by atoms with Crippen molar-refractivity contribution in [3.05, 3.63) is 47.0 Å². The minimum atomic E-state index is 0.110. The molecule has 2 rings (SSSR count). The van der Waals surface area contributed by atoms with Crippen LogP contribution in [0.25, 0.3) is 0 Å². The number of hydrogen-bond acceptors (Lipinski definition) is 2. The van der Waals surface area contributed by atoms with Gasteiger partial charge in [0.05, 0.1) is 0 Å². The van der Waals surface area contributed by atoms with Crippen molar-refractivity contribution in [3.8, 4) is 0 Å². The zero-order valence-corrected chi connectivity index (χ0v) is 14.2. The van der Waals surface area contributed by atoms with Gasteiger partial charge in [-0.2, -0.15) is 0 Å². The zero-order chi connectivity index (χ0) is 15.5. The number of aromatic amines is 1. The highest BCUT2D eigenvalue weighted by Gasteiger charge is 2.18. The Morgan fingerprint density at radius 1 is 1.19 bits per heavy atom. The highest BCUT2D eigenvalue weighted by molar-refractivity contribution is 7.71. The molecule has 0 saturated carbocycles. The summed E-state index contributed by atoms with van der Waals surface area (Å²) >= 11 is 5.41. The van der Waals surface area contributed by atoms with Gasteiger partial charge in [-0.25, -0.2) is 0 Å². The van der Waals surface area contributed by atoms with Crippen LogP contribution in [0.5, 0.6) is 0 Å². The first-order valence-corrected chi connectivity index (χ1v) is 7.85. The van der Waals surface area contributed by atoms with Gasteiger partial charge in [0, 0.05) is 43.1 Å². The van der Waals surface area contributed by atoms with Gasteiger partial charge in [-0.15, -0.1) is 0 Å². The fourth-order valence-electron chi connectivity index (χ4n) is 2.52. The maximum atomic E-state index is 5.41. The molecule has 1 heterocycles. The highest BCUT2D eigenvalue weighted by Crippen LogP contribution is 2.22. The zero-order valence-electron chi connectivity index (χ0n) is 13.4. The number of benzene rings is 1. The predicted octanol–water partition coefficient (Wildman–Crippen LogP) is 4.37. The van der Waals surface area contributed by atoms with E-state index in [0.29, 0.717) is 0 Å². The summed E-state index contributed by atoms with van der Waals surface area (Å²) in [4.78, 5) is 5.46. The number of anilines is 1. The van der Waals surface area contributed by atoms with Gasteiger partial charge < -0.3 is 14.5 Å². The third-order valence-corrected chi connectivity index (χ3v) is 4.05. The lowest BCUT2D eigenvalue weighted by atomic mass is 9.92. The standard InChI is InChI=1S/C17H25N3S/c1-17(2,3)15-13-18-16(21)20(15)12-8-11-19(4)14-9-6-5-7-10-14/h5-7,9-10,13H,8,11-12H2,1-4H3,(H,18,21). The first-order valence-electron chi connectivity index (χ1n) is 7.44. The van der Waals surface area contributed by atoms with Gasteiger partial charge in [0.15, 0.2) is 4.77 Å². The maximum Gasteiger partial charge on any atom is 0.177 e. The first-order chi connectivity index (χ1) is 9.89. The Hall–Kier alpha value is -1.55. The lowest BCUT2D eigenvalue weighted by Gasteiger charge is -2.22. The van der Waals surface area contributed by atoms with Gasteiger partial charge >= 0.3 is 0 Å². The van der Waals surface area contributed by atoms with Crippen molar-refractivity contribution in [2.75, 3.05) is 18.5 Å². The summed E-state index contributed by atoms with van der Waals surface area (Å²) in [5.41, 5.74) is 2.64. The van der Waals surface area contributed by atoms with Crippen molar-refractivity contribution >= 4 is 17.9 Å². The van der Waals surface area contributed by atoms with E-state index in [1.165, 1.54) is 11.4 Å². The molecule has 0 atom stereocenters. The van der Waals surface area contributed by atoms with Crippen LogP contribution in [0, 0.1) is 4.77 Å². The molecule has 0 unspecified atom stereocenters. The Bertz CT molecular complexity index is 619. The molecule has 2 aromatic rings. The maximum absolute atomic E-state index is 5.41. The summed E-state index contributed by atoms with van der Waals surface area (Å²) in [6, 6.07) is 10.5. The summed E-state index contributed by atoms with van der Waals surface area (Å²) in [6.07, 6.45) is 3.11. The quantitative estimate of drug-likeness (QED) is 0.829. The summed E-state index contributed by atoms with van der Waals surface area (Å²) in [5, 5.41) is 0. The van der Waals surface area contributed by atoms with E-state index in [0.717, 1.165) is 24.3 Å². The molecule has 0 fully saturated rings. The number of aromatic nitrogens is 2. The van der Waals surface area contributed by atoms with Crippen LogP contribution in [0.2, 0.25) is 0 Å². The fraction of sp³-hybridized carbons (Fsp3) is 0.471. The number of para-hydroxylation sites is 1. The highest BCUT2D eigenvalue weighted by atomic mass is 32.1. The lowest BCUT2D eigenvalue weighted by Crippen LogP contribution is -2.22. The van der Waals surface area contributed by atoms with Gasteiger partial charge in [-0.05, 0) is 30.8 Å². The average molecular weight is 303 g/mol. The second kappa shape index (κ2) is 6.48. The molecule has 0 aliphatic heterocycles. The van der Waals surface area contributed by atoms with Gasteiger partial charge in [-0.1, -0.05) is 39.0 Å². The summed E-state index contributed by atoms with van der Waals surface area (Å²) in [6.45, 7) is 8.62. The van der Waals surface area contributed by atoms with Crippen molar-refractivity contribution in [2.24, 2.45) is 0 Å². The normalized spacial score (nSPS) is 11.6. The first kappa shape index (κ1) is 15.8. The SMILES string of the molecule is CN(CCCn1c(C(C)(C)C)c[nH]c1=S)c1ccccc1. The minimum Gasteiger partial charge on any atom is -0.375 e. The van der Waals surface area contributed by atoms with Gasteiger partial charge in [0.2, 0.25) is 0 Å². The predicted molar refractivity (Wildman–Crippen MR) is 92.6 cm³/mol. The number of H-pyrrole nitrogens is 1. The second-order valence-electron chi connectivity index (χ2n) is 6.49. The fourth-order valence-corrected chi connectivity index (χ4v) is 2.76. The third kappa shape index (κ3) is 3.97. The summed E-state index contributed by atoms with van der Waals surface area (Å²) in [5.74, 6) is 0. The lowest BCUT2D eigenvalue weighted by molar-refractivity contribution is 0.505. The minimum absolute atomic E-state index is 0.110. The van der Waals surface area contributed by atoms with E-state index in [2.05, 4.69) is 66.5 Å². The molecule has 0 spiro atoms. The molecule has 4 heteroatoms. The molecule has 0 bridgehead atoms. The van der Waals surface area contributed by atoms with Gasteiger partial charge in [0.1, 0.15) is 0 Å². The number of hydrogen-bond donors (Lipinski definition) is 1. The van der Waals surface area contributed by atoms with Crippen LogP contribution in [0.1, 0.15) is 32.9 Å². The van der Waals surface area contributed by atoms with Crippen molar-refractivity contribution < 1.29 is 0 Å². The van der Waals surface area contributed by atoms with Gasteiger partial charge in [0.25, 0.3) is 0 Å². The summed E-state index contributed by atoms with van der Waals surface area (Å²) in [7, 11) is 2.14. The van der Waals surface area contributed by atoms with Crippen molar-refractivity contribution in [2.45, 2.75) is 39.2 Å².